The van der Waals surface area contributed by atoms with Crippen molar-refractivity contribution in [3.05, 3.63) is 23.3 Å². The molecule has 4 nitrogen and oxygen atoms in total. The van der Waals surface area contributed by atoms with Gasteiger partial charge in [-0.15, -0.1) is 0 Å². The van der Waals surface area contributed by atoms with Crippen molar-refractivity contribution in [2.45, 2.75) is 6.54 Å². The largest absolute Gasteiger partial charge is 0.504 e. The van der Waals surface area contributed by atoms with Gasteiger partial charge in [-0.1, -0.05) is 0 Å². The van der Waals surface area contributed by atoms with Gasteiger partial charge in [0.1, 0.15) is 5.82 Å². The molecule has 0 spiro atoms. The van der Waals surface area contributed by atoms with Gasteiger partial charge in [0, 0.05) is 11.6 Å². The maximum atomic E-state index is 13.0. The Morgan fingerprint density at radius 1 is 1.43 bits per heavy atom. The molecule has 0 saturated heterocycles. The standard InChI is InChI=1S/C8H9F2NO3/c1-14-8-6(10)2-5(9)4(3-11-13)7(8)12/h2,11-13H,3H2,1H3. The minimum Gasteiger partial charge on any atom is -0.504 e. The van der Waals surface area contributed by atoms with Gasteiger partial charge in [-0.05, 0) is 0 Å². The highest BCUT2D eigenvalue weighted by atomic mass is 19.1. The van der Waals surface area contributed by atoms with E-state index in [4.69, 9.17) is 5.21 Å². The molecule has 0 unspecified atom stereocenters. The molecule has 1 aromatic rings. The number of aromatic hydroxyl groups is 1. The Kier molecular flexibility index (Phi) is 3.21. The van der Waals surface area contributed by atoms with Crippen molar-refractivity contribution in [3.63, 3.8) is 0 Å². The summed E-state index contributed by atoms with van der Waals surface area (Å²) in [5, 5.41) is 17.7. The van der Waals surface area contributed by atoms with E-state index in [1.807, 2.05) is 0 Å². The molecule has 0 bridgehead atoms. The molecule has 0 aliphatic heterocycles. The third-order valence-electron chi connectivity index (χ3n) is 1.72. The van der Waals surface area contributed by atoms with Crippen LogP contribution in [-0.4, -0.2) is 17.4 Å². The number of phenolic OH excluding ortho intramolecular Hbond substituents is 1. The molecular formula is C8H9F2NO3. The molecule has 1 rings (SSSR count). The molecule has 0 radical (unpaired) electrons. The molecule has 1 aromatic carbocycles. The van der Waals surface area contributed by atoms with Gasteiger partial charge in [-0.25, -0.2) is 14.3 Å². The second-order valence-electron chi connectivity index (χ2n) is 2.54. The zero-order chi connectivity index (χ0) is 10.7. The van der Waals surface area contributed by atoms with Gasteiger partial charge in [0.25, 0.3) is 0 Å². The number of hydrogen-bond acceptors (Lipinski definition) is 4. The van der Waals surface area contributed by atoms with Crippen LogP contribution in [0.15, 0.2) is 6.07 Å². The fourth-order valence-electron chi connectivity index (χ4n) is 1.07. The summed E-state index contributed by atoms with van der Waals surface area (Å²) in [7, 11) is 1.15. The van der Waals surface area contributed by atoms with Crippen LogP contribution in [0.3, 0.4) is 0 Å². The first-order chi connectivity index (χ1) is 6.61. The normalized spacial score (nSPS) is 10.3. The Balaban J connectivity index is 3.28. The van der Waals surface area contributed by atoms with Crippen LogP contribution in [0.5, 0.6) is 11.5 Å². The van der Waals surface area contributed by atoms with Crippen LogP contribution in [0.4, 0.5) is 8.78 Å². The summed E-state index contributed by atoms with van der Waals surface area (Å²) in [5.41, 5.74) is 1.40. The number of nitrogens with one attached hydrogen (secondary N) is 1. The fourth-order valence-corrected chi connectivity index (χ4v) is 1.07. The summed E-state index contributed by atoms with van der Waals surface area (Å²) in [6.07, 6.45) is 0. The van der Waals surface area contributed by atoms with Gasteiger partial charge in [0.2, 0.25) is 0 Å². The van der Waals surface area contributed by atoms with Crippen molar-refractivity contribution < 1.29 is 23.8 Å². The van der Waals surface area contributed by atoms with Crippen molar-refractivity contribution in [1.29, 1.82) is 0 Å². The average Bonchev–Trinajstić information content (AvgIpc) is 2.12. The molecule has 78 valence electrons. The SMILES string of the molecule is COc1c(F)cc(F)c(CNO)c1O. The van der Waals surface area contributed by atoms with E-state index >= 15 is 0 Å². The first-order valence-electron chi connectivity index (χ1n) is 3.72. The van der Waals surface area contributed by atoms with Crippen LogP contribution >= 0.6 is 0 Å². The van der Waals surface area contributed by atoms with E-state index in [9.17, 15) is 13.9 Å². The molecule has 0 aliphatic rings. The number of phenols is 1. The van der Waals surface area contributed by atoms with Crippen LogP contribution in [0.25, 0.3) is 0 Å². The molecule has 0 fully saturated rings. The molecule has 3 N–H and O–H groups in total. The number of hydrogen-bond donors (Lipinski definition) is 3. The predicted octanol–water partition coefficient (Wildman–Crippen LogP) is 1.16. The van der Waals surface area contributed by atoms with E-state index < -0.39 is 23.1 Å². The lowest BCUT2D eigenvalue weighted by Crippen LogP contribution is -2.09. The maximum absolute atomic E-state index is 13.0. The number of methoxy groups -OCH3 is 1. The second kappa shape index (κ2) is 4.21. The summed E-state index contributed by atoms with van der Waals surface area (Å²) < 4.78 is 30.4. The zero-order valence-electron chi connectivity index (χ0n) is 7.34. The highest BCUT2D eigenvalue weighted by Crippen LogP contribution is 2.34. The Labute approximate surface area is 78.7 Å². The van der Waals surface area contributed by atoms with Crippen molar-refractivity contribution in [2.24, 2.45) is 0 Å². The van der Waals surface area contributed by atoms with Crippen LogP contribution in [0.2, 0.25) is 0 Å². The van der Waals surface area contributed by atoms with Crippen molar-refractivity contribution in [1.82, 2.24) is 5.48 Å². The quantitative estimate of drug-likeness (QED) is 0.648. The second-order valence-corrected chi connectivity index (χ2v) is 2.54. The molecule has 0 amide bonds. The van der Waals surface area contributed by atoms with Crippen molar-refractivity contribution in [3.8, 4) is 11.5 Å². The minimum absolute atomic E-state index is 0.259. The molecule has 0 aliphatic carbocycles. The molecule has 14 heavy (non-hydrogen) atoms. The van der Waals surface area contributed by atoms with Crippen LogP contribution in [-0.2, 0) is 6.54 Å². The summed E-state index contributed by atoms with van der Waals surface area (Å²) in [6, 6.07) is 0.575. The third-order valence-corrected chi connectivity index (χ3v) is 1.72. The molecule has 0 atom stereocenters. The highest BCUT2D eigenvalue weighted by molar-refractivity contribution is 5.47. The Morgan fingerprint density at radius 2 is 2.07 bits per heavy atom. The lowest BCUT2D eigenvalue weighted by atomic mass is 10.1. The van der Waals surface area contributed by atoms with E-state index in [1.54, 1.807) is 5.48 Å². The number of hydroxylamine groups is 1. The molecular weight excluding hydrogens is 196 g/mol. The topological polar surface area (TPSA) is 61.7 Å². The van der Waals surface area contributed by atoms with Crippen LogP contribution < -0.4 is 10.2 Å². The van der Waals surface area contributed by atoms with E-state index in [0.29, 0.717) is 6.07 Å². The third kappa shape index (κ3) is 1.75. The smallest absolute Gasteiger partial charge is 0.197 e. The molecule has 6 heteroatoms. The van der Waals surface area contributed by atoms with E-state index in [2.05, 4.69) is 4.74 Å². The summed E-state index contributed by atoms with van der Waals surface area (Å²) in [6.45, 7) is -0.339. The van der Waals surface area contributed by atoms with E-state index in [-0.39, 0.29) is 12.1 Å². The van der Waals surface area contributed by atoms with Crippen LogP contribution in [0, 0.1) is 11.6 Å². The van der Waals surface area contributed by atoms with E-state index in [1.165, 1.54) is 0 Å². The minimum atomic E-state index is -0.996. The van der Waals surface area contributed by atoms with E-state index in [0.717, 1.165) is 7.11 Å². The monoisotopic (exact) mass is 205 g/mol. The van der Waals surface area contributed by atoms with Gasteiger partial charge in [0.15, 0.2) is 17.3 Å². The number of ether oxygens (including phenoxy) is 1. The van der Waals surface area contributed by atoms with Gasteiger partial charge in [-0.3, -0.25) is 0 Å². The summed E-state index contributed by atoms with van der Waals surface area (Å²) in [5.74, 6) is -3.06. The van der Waals surface area contributed by atoms with Crippen molar-refractivity contribution >= 4 is 0 Å². The number of benzene rings is 1. The van der Waals surface area contributed by atoms with Gasteiger partial charge >= 0.3 is 0 Å². The fraction of sp³-hybridized carbons (Fsp3) is 0.250. The van der Waals surface area contributed by atoms with Gasteiger partial charge in [-0.2, -0.15) is 0 Å². The highest BCUT2D eigenvalue weighted by Gasteiger charge is 2.18. The maximum Gasteiger partial charge on any atom is 0.197 e. The molecule has 0 aromatic heterocycles. The lowest BCUT2D eigenvalue weighted by Gasteiger charge is -2.10. The summed E-state index contributed by atoms with van der Waals surface area (Å²) >= 11 is 0. The number of rotatable bonds is 3. The lowest BCUT2D eigenvalue weighted by molar-refractivity contribution is 0.158. The Bertz CT molecular complexity index is 344. The molecule has 0 heterocycles. The van der Waals surface area contributed by atoms with Gasteiger partial charge < -0.3 is 15.1 Å². The van der Waals surface area contributed by atoms with Gasteiger partial charge in [0.05, 0.1) is 13.7 Å². The first kappa shape index (κ1) is 10.7. The molecule has 0 saturated carbocycles. The predicted molar refractivity (Wildman–Crippen MR) is 43.2 cm³/mol. The summed E-state index contributed by atoms with van der Waals surface area (Å²) in [4.78, 5) is 0. The Morgan fingerprint density at radius 3 is 2.57 bits per heavy atom. The van der Waals surface area contributed by atoms with Crippen molar-refractivity contribution in [2.75, 3.05) is 7.11 Å². The average molecular weight is 205 g/mol. The first-order valence-corrected chi connectivity index (χ1v) is 3.72. The van der Waals surface area contributed by atoms with Crippen LogP contribution in [0.1, 0.15) is 5.56 Å². The zero-order valence-corrected chi connectivity index (χ0v) is 7.34. The number of halogens is 2. The Hall–Kier alpha value is -1.40.